The minimum Gasteiger partial charge on any atom is -0.356 e. The molecule has 0 aliphatic carbocycles. The van der Waals surface area contributed by atoms with Gasteiger partial charge in [0.15, 0.2) is 5.96 Å². The fraction of sp³-hybridized carbons (Fsp3) is 0.533. The van der Waals surface area contributed by atoms with Gasteiger partial charge in [-0.25, -0.2) is 4.39 Å². The quantitative estimate of drug-likeness (QED) is 0.296. The van der Waals surface area contributed by atoms with Gasteiger partial charge in [0.25, 0.3) is 0 Å². The lowest BCUT2D eigenvalue weighted by atomic mass is 10.1. The van der Waals surface area contributed by atoms with Crippen molar-refractivity contribution in [2.75, 3.05) is 27.7 Å². The van der Waals surface area contributed by atoms with Crippen LogP contribution in [0, 0.1) is 5.82 Å². The van der Waals surface area contributed by atoms with Crippen molar-refractivity contribution in [3.63, 3.8) is 0 Å². The number of nitrogens with zero attached hydrogens (tertiary/aromatic N) is 2. The standard InChI is InChI=1S/C15H22F4N4.HI/c1-20-14(21-7-6-15(17,18)19)22-9-11-4-5-13(16)12(8-11)10-23(2)3;/h4-5,8H,6-7,9-10H2,1-3H3,(H2,20,21,22);1H. The molecule has 0 spiro atoms. The molecule has 0 unspecified atom stereocenters. The van der Waals surface area contributed by atoms with Crippen LogP contribution in [0.3, 0.4) is 0 Å². The van der Waals surface area contributed by atoms with Crippen LogP contribution in [0.2, 0.25) is 0 Å². The van der Waals surface area contributed by atoms with E-state index >= 15 is 0 Å². The van der Waals surface area contributed by atoms with Crippen LogP contribution in [0.4, 0.5) is 17.6 Å². The van der Waals surface area contributed by atoms with Crippen molar-refractivity contribution >= 4 is 29.9 Å². The molecule has 0 amide bonds. The van der Waals surface area contributed by atoms with Gasteiger partial charge in [-0.2, -0.15) is 13.2 Å². The molecule has 9 heteroatoms. The SMILES string of the molecule is CN=C(NCCC(F)(F)F)NCc1ccc(F)c(CN(C)C)c1.I. The molecule has 0 aromatic heterocycles. The molecule has 0 saturated carbocycles. The molecule has 0 fully saturated rings. The summed E-state index contributed by atoms with van der Waals surface area (Å²) in [5.74, 6) is -0.0112. The van der Waals surface area contributed by atoms with Crippen LogP contribution < -0.4 is 10.6 Å². The number of hydrogen-bond donors (Lipinski definition) is 2. The van der Waals surface area contributed by atoms with Crippen molar-refractivity contribution in [1.29, 1.82) is 0 Å². The summed E-state index contributed by atoms with van der Waals surface area (Å²) >= 11 is 0. The molecule has 138 valence electrons. The van der Waals surface area contributed by atoms with Crippen LogP contribution in [0.25, 0.3) is 0 Å². The third-order valence-electron chi connectivity index (χ3n) is 2.98. The largest absolute Gasteiger partial charge is 0.390 e. The molecule has 0 radical (unpaired) electrons. The summed E-state index contributed by atoms with van der Waals surface area (Å²) in [6.07, 6.45) is -5.14. The van der Waals surface area contributed by atoms with Gasteiger partial charge in [-0.1, -0.05) is 6.07 Å². The molecule has 0 bridgehead atoms. The van der Waals surface area contributed by atoms with E-state index in [1.807, 2.05) is 19.0 Å². The summed E-state index contributed by atoms with van der Waals surface area (Å²) in [6, 6.07) is 4.74. The normalized spacial score (nSPS) is 12.1. The van der Waals surface area contributed by atoms with Crippen LogP contribution in [-0.4, -0.2) is 44.7 Å². The Kier molecular flexibility index (Phi) is 10.2. The molecule has 1 aromatic carbocycles. The van der Waals surface area contributed by atoms with Crippen molar-refractivity contribution in [2.24, 2.45) is 4.99 Å². The second-order valence-corrected chi connectivity index (χ2v) is 5.38. The highest BCUT2D eigenvalue weighted by Gasteiger charge is 2.26. The predicted octanol–water partition coefficient (Wildman–Crippen LogP) is 3.12. The van der Waals surface area contributed by atoms with E-state index in [0.717, 1.165) is 5.56 Å². The van der Waals surface area contributed by atoms with E-state index in [1.165, 1.54) is 13.1 Å². The van der Waals surface area contributed by atoms with E-state index in [2.05, 4.69) is 15.6 Å². The Hall–Kier alpha value is -1.10. The van der Waals surface area contributed by atoms with Crippen molar-refractivity contribution in [3.8, 4) is 0 Å². The Balaban J connectivity index is 0.00000529. The predicted molar refractivity (Wildman–Crippen MR) is 98.1 cm³/mol. The zero-order chi connectivity index (χ0) is 17.5. The first-order chi connectivity index (χ1) is 10.7. The first kappa shape index (κ1) is 22.9. The van der Waals surface area contributed by atoms with E-state index < -0.39 is 12.6 Å². The summed E-state index contributed by atoms with van der Waals surface area (Å²) in [6.45, 7) is 0.559. The van der Waals surface area contributed by atoms with Gasteiger partial charge < -0.3 is 15.5 Å². The Bertz CT molecular complexity index is 533. The second kappa shape index (κ2) is 10.7. The van der Waals surface area contributed by atoms with E-state index in [-0.39, 0.29) is 42.3 Å². The summed E-state index contributed by atoms with van der Waals surface area (Å²) in [7, 11) is 5.17. The number of alkyl halides is 3. The Morgan fingerprint density at radius 3 is 2.42 bits per heavy atom. The third-order valence-corrected chi connectivity index (χ3v) is 2.98. The van der Waals surface area contributed by atoms with Crippen molar-refractivity contribution in [1.82, 2.24) is 15.5 Å². The lowest BCUT2D eigenvalue weighted by Gasteiger charge is -2.15. The van der Waals surface area contributed by atoms with Gasteiger partial charge in [0.05, 0.1) is 6.42 Å². The number of nitrogens with one attached hydrogen (secondary N) is 2. The van der Waals surface area contributed by atoms with E-state index in [1.54, 1.807) is 12.1 Å². The molecule has 4 nitrogen and oxygen atoms in total. The summed E-state index contributed by atoms with van der Waals surface area (Å²) < 4.78 is 50.0. The Morgan fingerprint density at radius 2 is 1.88 bits per heavy atom. The van der Waals surface area contributed by atoms with Gasteiger partial charge in [-0.15, -0.1) is 24.0 Å². The topological polar surface area (TPSA) is 39.7 Å². The molecular weight excluding hydrogens is 439 g/mol. The first-order valence-electron chi connectivity index (χ1n) is 7.14. The lowest BCUT2D eigenvalue weighted by molar-refractivity contribution is -0.132. The smallest absolute Gasteiger partial charge is 0.356 e. The number of benzene rings is 1. The molecule has 0 saturated heterocycles. The van der Waals surface area contributed by atoms with Crippen LogP contribution >= 0.6 is 24.0 Å². The molecule has 0 aliphatic rings. The van der Waals surface area contributed by atoms with Crippen LogP contribution in [0.15, 0.2) is 23.2 Å². The van der Waals surface area contributed by atoms with Gasteiger partial charge in [0.2, 0.25) is 0 Å². The number of hydrogen-bond acceptors (Lipinski definition) is 2. The van der Waals surface area contributed by atoms with Crippen molar-refractivity contribution in [2.45, 2.75) is 25.7 Å². The average Bonchev–Trinajstić information content (AvgIpc) is 2.44. The van der Waals surface area contributed by atoms with Gasteiger partial charge in [-0.05, 0) is 31.8 Å². The number of halogens is 5. The van der Waals surface area contributed by atoms with E-state index in [4.69, 9.17) is 0 Å². The number of rotatable bonds is 6. The summed E-state index contributed by atoms with van der Waals surface area (Å²) in [5, 5.41) is 5.50. The van der Waals surface area contributed by atoms with E-state index in [0.29, 0.717) is 18.7 Å². The monoisotopic (exact) mass is 462 g/mol. The number of guanidine groups is 1. The maximum atomic E-state index is 13.7. The highest BCUT2D eigenvalue weighted by atomic mass is 127. The summed E-state index contributed by atoms with van der Waals surface area (Å²) in [5.41, 5.74) is 1.39. The van der Waals surface area contributed by atoms with Crippen LogP contribution in [-0.2, 0) is 13.1 Å². The fourth-order valence-corrected chi connectivity index (χ4v) is 1.93. The zero-order valence-electron chi connectivity index (χ0n) is 13.9. The molecule has 24 heavy (non-hydrogen) atoms. The highest BCUT2D eigenvalue weighted by molar-refractivity contribution is 14.0. The maximum Gasteiger partial charge on any atom is 0.390 e. The van der Waals surface area contributed by atoms with Gasteiger partial charge >= 0.3 is 6.18 Å². The molecule has 0 atom stereocenters. The minimum absolute atomic E-state index is 0. The van der Waals surface area contributed by atoms with Crippen LogP contribution in [0.5, 0.6) is 0 Å². The maximum absolute atomic E-state index is 13.7. The first-order valence-corrected chi connectivity index (χ1v) is 7.14. The fourth-order valence-electron chi connectivity index (χ4n) is 1.93. The third kappa shape index (κ3) is 9.26. The van der Waals surface area contributed by atoms with Gasteiger partial charge in [0, 0.05) is 32.2 Å². The zero-order valence-corrected chi connectivity index (χ0v) is 16.2. The minimum atomic E-state index is -4.20. The molecule has 2 N–H and O–H groups in total. The van der Waals surface area contributed by atoms with Gasteiger partial charge in [-0.3, -0.25) is 4.99 Å². The molecule has 0 aliphatic heterocycles. The molecule has 0 heterocycles. The Labute approximate surface area is 156 Å². The average molecular weight is 462 g/mol. The van der Waals surface area contributed by atoms with Crippen molar-refractivity contribution in [3.05, 3.63) is 35.1 Å². The highest BCUT2D eigenvalue weighted by Crippen LogP contribution is 2.18. The number of aliphatic imine (C=N–C) groups is 1. The molecule has 1 aromatic rings. The lowest BCUT2D eigenvalue weighted by Crippen LogP contribution is -2.38. The van der Waals surface area contributed by atoms with Gasteiger partial charge in [0.1, 0.15) is 5.82 Å². The molecule has 1 rings (SSSR count). The van der Waals surface area contributed by atoms with Crippen molar-refractivity contribution < 1.29 is 17.6 Å². The molecular formula is C15H23F4IN4. The van der Waals surface area contributed by atoms with Crippen LogP contribution in [0.1, 0.15) is 17.5 Å². The second-order valence-electron chi connectivity index (χ2n) is 5.38. The summed E-state index contributed by atoms with van der Waals surface area (Å²) in [4.78, 5) is 5.71. The Morgan fingerprint density at radius 1 is 1.21 bits per heavy atom. The van der Waals surface area contributed by atoms with E-state index in [9.17, 15) is 17.6 Å².